The van der Waals surface area contributed by atoms with Gasteiger partial charge in [0.25, 0.3) is 0 Å². The summed E-state index contributed by atoms with van der Waals surface area (Å²) in [5.74, 6) is -1.64. The fourth-order valence-corrected chi connectivity index (χ4v) is 4.22. The van der Waals surface area contributed by atoms with Gasteiger partial charge in [0.15, 0.2) is 5.82 Å². The molecule has 1 aliphatic rings. The van der Waals surface area contributed by atoms with E-state index in [1.165, 1.54) is 16.2 Å². The lowest BCUT2D eigenvalue weighted by molar-refractivity contribution is 0.0694. The number of carboxylic acids is 1. The number of nitrogens with one attached hydrogen (secondary N) is 2. The Morgan fingerprint density at radius 3 is 2.70 bits per heavy atom. The van der Waals surface area contributed by atoms with E-state index in [0.29, 0.717) is 25.0 Å². The number of benzene rings is 2. The van der Waals surface area contributed by atoms with Gasteiger partial charge in [0.2, 0.25) is 5.43 Å². The minimum absolute atomic E-state index is 0.0353. The number of pyridine rings is 1. The zero-order valence-electron chi connectivity index (χ0n) is 18.1. The van der Waals surface area contributed by atoms with Crippen LogP contribution in [0.3, 0.4) is 0 Å². The predicted octanol–water partition coefficient (Wildman–Crippen LogP) is 2.05. The Balaban J connectivity index is 1.44. The molecular weight excluding hydrogens is 427 g/mol. The molecule has 2 atom stereocenters. The molecule has 1 aromatic heterocycles. The summed E-state index contributed by atoms with van der Waals surface area (Å²) in [7, 11) is 0. The Labute approximate surface area is 189 Å². The van der Waals surface area contributed by atoms with E-state index in [9.17, 15) is 24.2 Å². The molecular formula is C24H27FN4O4. The van der Waals surface area contributed by atoms with E-state index in [2.05, 4.69) is 22.8 Å². The number of aromatic nitrogens is 1. The topological polar surface area (TPSA) is 130 Å². The summed E-state index contributed by atoms with van der Waals surface area (Å²) in [6, 6.07) is 12.2. The number of fused-ring (bicyclic) bond motifs is 1. The average Bonchev–Trinajstić information content (AvgIpc) is 3.53. The SMILES string of the molecule is Nc1c(F)c(NCCN[C@H]2CC2Cc2ccccc2)cc2c1c(=O)c(C(=O)O)cn2CCO. The van der Waals surface area contributed by atoms with Crippen LogP contribution in [0.1, 0.15) is 22.3 Å². The molecule has 0 spiro atoms. The second-order valence-electron chi connectivity index (χ2n) is 8.31. The summed E-state index contributed by atoms with van der Waals surface area (Å²) >= 11 is 0. The van der Waals surface area contributed by atoms with Crippen molar-refractivity contribution in [3.8, 4) is 0 Å². The lowest BCUT2D eigenvalue weighted by atomic mass is 10.1. The van der Waals surface area contributed by atoms with E-state index in [-0.39, 0.29) is 29.7 Å². The molecule has 6 N–H and O–H groups in total. The number of anilines is 2. The molecule has 0 amide bonds. The monoisotopic (exact) mass is 454 g/mol. The molecule has 8 nitrogen and oxygen atoms in total. The molecule has 9 heteroatoms. The van der Waals surface area contributed by atoms with Crippen LogP contribution in [-0.2, 0) is 13.0 Å². The number of aliphatic hydroxyl groups is 1. The summed E-state index contributed by atoms with van der Waals surface area (Å²) in [6.07, 6.45) is 3.28. The Kier molecular flexibility index (Phi) is 6.62. The number of aromatic carboxylic acids is 1. The molecule has 4 rings (SSSR count). The van der Waals surface area contributed by atoms with Crippen LogP contribution < -0.4 is 21.8 Å². The van der Waals surface area contributed by atoms with E-state index in [4.69, 9.17) is 5.73 Å². The molecule has 0 radical (unpaired) electrons. The summed E-state index contributed by atoms with van der Waals surface area (Å²) in [4.78, 5) is 24.0. The van der Waals surface area contributed by atoms with Gasteiger partial charge in [-0.1, -0.05) is 30.3 Å². The zero-order valence-corrected chi connectivity index (χ0v) is 18.1. The van der Waals surface area contributed by atoms with Crippen molar-refractivity contribution in [2.75, 3.05) is 30.7 Å². The number of nitrogens with two attached hydrogens (primary N) is 1. The Morgan fingerprint density at radius 2 is 2.00 bits per heavy atom. The van der Waals surface area contributed by atoms with Crippen molar-refractivity contribution >= 4 is 28.2 Å². The van der Waals surface area contributed by atoms with Gasteiger partial charge in [-0.25, -0.2) is 9.18 Å². The molecule has 2 aromatic carbocycles. The Morgan fingerprint density at radius 1 is 1.24 bits per heavy atom. The highest BCUT2D eigenvalue weighted by atomic mass is 19.1. The van der Waals surface area contributed by atoms with Crippen LogP contribution >= 0.6 is 0 Å². The highest BCUT2D eigenvalue weighted by Gasteiger charge is 2.36. The van der Waals surface area contributed by atoms with E-state index >= 15 is 0 Å². The number of halogens is 1. The fourth-order valence-electron chi connectivity index (χ4n) is 4.22. The Hall–Kier alpha value is -3.43. The minimum Gasteiger partial charge on any atom is -0.477 e. The summed E-state index contributed by atoms with van der Waals surface area (Å²) in [5.41, 5.74) is 5.82. The predicted molar refractivity (Wildman–Crippen MR) is 125 cm³/mol. The summed E-state index contributed by atoms with van der Waals surface area (Å²) in [5, 5.41) is 24.9. The molecule has 1 unspecified atom stereocenters. The van der Waals surface area contributed by atoms with Crippen LogP contribution in [0.25, 0.3) is 10.9 Å². The second kappa shape index (κ2) is 9.60. The van der Waals surface area contributed by atoms with Crippen molar-refractivity contribution in [2.24, 2.45) is 5.92 Å². The van der Waals surface area contributed by atoms with Crippen LogP contribution in [0.5, 0.6) is 0 Å². The van der Waals surface area contributed by atoms with Gasteiger partial charge in [-0.15, -0.1) is 0 Å². The zero-order chi connectivity index (χ0) is 23.5. The van der Waals surface area contributed by atoms with Crippen molar-refractivity contribution in [1.29, 1.82) is 0 Å². The highest BCUT2D eigenvalue weighted by Crippen LogP contribution is 2.33. The molecule has 1 heterocycles. The number of hydrogen-bond donors (Lipinski definition) is 5. The van der Waals surface area contributed by atoms with Gasteiger partial charge in [-0.3, -0.25) is 4.79 Å². The van der Waals surface area contributed by atoms with Gasteiger partial charge in [-0.2, -0.15) is 0 Å². The van der Waals surface area contributed by atoms with Gasteiger partial charge in [0.1, 0.15) is 5.56 Å². The first-order valence-corrected chi connectivity index (χ1v) is 10.9. The second-order valence-corrected chi connectivity index (χ2v) is 8.31. The third-order valence-electron chi connectivity index (χ3n) is 6.03. The maximum absolute atomic E-state index is 14.9. The number of aliphatic hydroxyl groups excluding tert-OH is 1. The van der Waals surface area contributed by atoms with E-state index in [1.807, 2.05) is 18.2 Å². The van der Waals surface area contributed by atoms with Crippen molar-refractivity contribution in [3.63, 3.8) is 0 Å². The normalized spacial score (nSPS) is 17.3. The third kappa shape index (κ3) is 4.84. The number of rotatable bonds is 10. The summed E-state index contributed by atoms with van der Waals surface area (Å²) in [6.45, 7) is 0.808. The highest BCUT2D eigenvalue weighted by molar-refractivity contribution is 5.99. The molecule has 0 bridgehead atoms. The van der Waals surface area contributed by atoms with E-state index in [1.54, 1.807) is 0 Å². The maximum Gasteiger partial charge on any atom is 0.341 e. The number of hydrogen-bond acceptors (Lipinski definition) is 6. The molecule has 174 valence electrons. The largest absolute Gasteiger partial charge is 0.477 e. The Bertz CT molecular complexity index is 1230. The number of nitrogen functional groups attached to an aromatic ring is 1. The van der Waals surface area contributed by atoms with Crippen molar-refractivity contribution in [2.45, 2.75) is 25.4 Å². The van der Waals surface area contributed by atoms with Crippen molar-refractivity contribution in [1.82, 2.24) is 9.88 Å². The first-order valence-electron chi connectivity index (χ1n) is 10.9. The van der Waals surface area contributed by atoms with Crippen LogP contribution in [-0.4, -0.2) is 46.5 Å². The van der Waals surface area contributed by atoms with Crippen molar-refractivity contribution < 1.29 is 19.4 Å². The van der Waals surface area contributed by atoms with Crippen LogP contribution in [0, 0.1) is 11.7 Å². The van der Waals surface area contributed by atoms with Gasteiger partial charge in [0.05, 0.1) is 28.9 Å². The minimum atomic E-state index is -1.44. The van der Waals surface area contributed by atoms with Gasteiger partial charge >= 0.3 is 5.97 Å². The van der Waals surface area contributed by atoms with Crippen LogP contribution in [0.4, 0.5) is 15.8 Å². The molecule has 1 saturated carbocycles. The molecule has 1 fully saturated rings. The third-order valence-corrected chi connectivity index (χ3v) is 6.03. The number of nitrogens with zero attached hydrogens (tertiary/aromatic N) is 1. The first-order chi connectivity index (χ1) is 15.9. The fraction of sp³-hybridized carbons (Fsp3) is 0.333. The molecule has 0 aliphatic heterocycles. The van der Waals surface area contributed by atoms with Crippen LogP contribution in [0.2, 0.25) is 0 Å². The summed E-state index contributed by atoms with van der Waals surface area (Å²) < 4.78 is 16.3. The number of carbonyl (C=O) groups is 1. The first kappa shape index (κ1) is 22.8. The number of carboxylic acid groups (broad SMARTS) is 1. The molecule has 1 aliphatic carbocycles. The molecule has 33 heavy (non-hydrogen) atoms. The quantitative estimate of drug-likeness (QED) is 0.234. The van der Waals surface area contributed by atoms with E-state index in [0.717, 1.165) is 19.0 Å². The van der Waals surface area contributed by atoms with E-state index < -0.39 is 28.5 Å². The van der Waals surface area contributed by atoms with Crippen LogP contribution in [0.15, 0.2) is 47.4 Å². The van der Waals surface area contributed by atoms with Gasteiger partial charge < -0.3 is 31.1 Å². The maximum atomic E-state index is 14.9. The molecule has 3 aromatic rings. The smallest absolute Gasteiger partial charge is 0.341 e. The lowest BCUT2D eigenvalue weighted by Gasteiger charge is -2.16. The standard InChI is InChI=1S/C24H27FN4O4/c25-21-18(28-7-6-27-17-11-15(17)10-14-4-2-1-3-5-14)12-19-20(22(21)26)23(31)16(24(32)33)13-29(19)8-9-30/h1-5,12-13,15,17,27-28,30H,6-11,26H2,(H,32,33)/t15?,17-/m0/s1. The average molecular weight is 455 g/mol. The van der Waals surface area contributed by atoms with Gasteiger partial charge in [-0.05, 0) is 30.4 Å². The lowest BCUT2D eigenvalue weighted by Crippen LogP contribution is -2.26. The molecule has 0 saturated heterocycles. The van der Waals surface area contributed by atoms with Crippen molar-refractivity contribution in [3.05, 3.63) is 69.8 Å². The van der Waals surface area contributed by atoms with Gasteiger partial charge in [0, 0.05) is 31.9 Å².